The Morgan fingerprint density at radius 1 is 1.38 bits per heavy atom. The van der Waals surface area contributed by atoms with Crippen LogP contribution in [0.3, 0.4) is 0 Å². The van der Waals surface area contributed by atoms with Gasteiger partial charge in [0.25, 0.3) is 10.0 Å². The Morgan fingerprint density at radius 2 is 2.14 bits per heavy atom. The quantitative estimate of drug-likeness (QED) is 0.601. The van der Waals surface area contributed by atoms with Crippen molar-refractivity contribution in [3.8, 4) is 0 Å². The summed E-state index contributed by atoms with van der Waals surface area (Å²) in [7, 11) is -1.75. The van der Waals surface area contributed by atoms with Crippen molar-refractivity contribution in [3.63, 3.8) is 0 Å². The summed E-state index contributed by atoms with van der Waals surface area (Å²) in [5, 5.41) is 8.93. The third-order valence-electron chi connectivity index (χ3n) is 2.71. The fourth-order valence-corrected chi connectivity index (χ4v) is 4.44. The number of nitrogens with zero attached hydrogens (tertiary/aromatic N) is 4. The normalized spacial score (nSPS) is 12.0. The van der Waals surface area contributed by atoms with Gasteiger partial charge >= 0.3 is 0 Å². The number of thioether (sulfide) groups is 1. The minimum absolute atomic E-state index is 0.0647. The van der Waals surface area contributed by atoms with Crippen LogP contribution < -0.4 is 4.72 Å². The van der Waals surface area contributed by atoms with Gasteiger partial charge in [-0.15, -0.1) is 10.2 Å². The number of hydrogen-bond donors (Lipinski definition) is 1. The van der Waals surface area contributed by atoms with Crippen LogP contribution in [0.4, 0.5) is 0 Å². The molecule has 0 aliphatic rings. The molecular formula is C11H17N5O2S3. The van der Waals surface area contributed by atoms with Crippen molar-refractivity contribution in [1.29, 1.82) is 0 Å². The molecule has 0 aliphatic carbocycles. The van der Waals surface area contributed by atoms with E-state index in [1.54, 1.807) is 41.6 Å². The summed E-state index contributed by atoms with van der Waals surface area (Å²) in [6.07, 6.45) is 2.23. The molecule has 0 unspecified atom stereocenters. The highest BCUT2D eigenvalue weighted by Crippen LogP contribution is 2.22. The molecule has 116 valence electrons. The summed E-state index contributed by atoms with van der Waals surface area (Å²) >= 11 is 3.13. The van der Waals surface area contributed by atoms with Gasteiger partial charge < -0.3 is 4.57 Å². The second kappa shape index (κ2) is 6.86. The summed E-state index contributed by atoms with van der Waals surface area (Å²) in [6, 6.07) is 0. The molecule has 1 N–H and O–H groups in total. The molecule has 10 heteroatoms. The highest BCUT2D eigenvalue weighted by Gasteiger charge is 2.17. The van der Waals surface area contributed by atoms with Gasteiger partial charge in [-0.1, -0.05) is 23.1 Å². The van der Waals surface area contributed by atoms with Crippen molar-refractivity contribution < 1.29 is 8.42 Å². The highest BCUT2D eigenvalue weighted by atomic mass is 32.2. The minimum Gasteiger partial charge on any atom is -0.337 e. The lowest BCUT2D eigenvalue weighted by atomic mass is 10.5. The molecular weight excluding hydrogens is 330 g/mol. The van der Waals surface area contributed by atoms with E-state index in [2.05, 4.69) is 19.9 Å². The van der Waals surface area contributed by atoms with Crippen LogP contribution in [-0.2, 0) is 17.1 Å². The van der Waals surface area contributed by atoms with Crippen molar-refractivity contribution in [2.75, 3.05) is 12.3 Å². The molecule has 0 aromatic carbocycles. The van der Waals surface area contributed by atoms with Crippen molar-refractivity contribution >= 4 is 33.1 Å². The van der Waals surface area contributed by atoms with Gasteiger partial charge in [0.05, 0.1) is 0 Å². The predicted molar refractivity (Wildman–Crippen MR) is 83.1 cm³/mol. The van der Waals surface area contributed by atoms with Crippen LogP contribution in [0.5, 0.6) is 0 Å². The Hall–Kier alpha value is -0.970. The summed E-state index contributed by atoms with van der Waals surface area (Å²) in [6.45, 7) is 4.05. The Bertz CT molecular complexity index is 688. The Labute approximate surface area is 132 Å². The number of sulfonamides is 1. The third kappa shape index (κ3) is 4.50. The number of imidazole rings is 1. The molecule has 2 aromatic heterocycles. The summed E-state index contributed by atoms with van der Waals surface area (Å²) < 4.78 is 29.2. The first kappa shape index (κ1) is 16.4. The average molecular weight is 347 g/mol. The largest absolute Gasteiger partial charge is 0.337 e. The lowest BCUT2D eigenvalue weighted by Gasteiger charge is -2.03. The van der Waals surface area contributed by atoms with E-state index in [0.29, 0.717) is 18.8 Å². The number of aromatic nitrogens is 4. The minimum atomic E-state index is -3.52. The van der Waals surface area contributed by atoms with Crippen molar-refractivity contribution in [3.05, 3.63) is 17.0 Å². The van der Waals surface area contributed by atoms with E-state index < -0.39 is 10.0 Å². The van der Waals surface area contributed by atoms with Crippen molar-refractivity contribution in [2.45, 2.75) is 29.6 Å². The van der Waals surface area contributed by atoms with Crippen LogP contribution in [0.1, 0.15) is 17.3 Å². The summed E-state index contributed by atoms with van der Waals surface area (Å²) in [5.41, 5.74) is 0. The van der Waals surface area contributed by atoms with E-state index in [0.717, 1.165) is 15.1 Å². The topological polar surface area (TPSA) is 89.8 Å². The molecule has 7 nitrogen and oxygen atoms in total. The Morgan fingerprint density at radius 3 is 2.71 bits per heavy atom. The van der Waals surface area contributed by atoms with Gasteiger partial charge in [-0.2, -0.15) is 0 Å². The van der Waals surface area contributed by atoms with Gasteiger partial charge in [0, 0.05) is 25.5 Å². The molecule has 21 heavy (non-hydrogen) atoms. The van der Waals surface area contributed by atoms with Crippen molar-refractivity contribution in [2.24, 2.45) is 7.05 Å². The molecule has 0 bridgehead atoms. The maximum absolute atomic E-state index is 12.0. The van der Waals surface area contributed by atoms with Crippen LogP contribution in [0, 0.1) is 13.8 Å². The second-order valence-corrected chi connectivity index (χ2v) is 8.66. The van der Waals surface area contributed by atoms with Gasteiger partial charge in [-0.25, -0.2) is 18.1 Å². The van der Waals surface area contributed by atoms with E-state index in [1.165, 1.54) is 6.20 Å². The molecule has 0 radical (unpaired) electrons. The smallest absolute Gasteiger partial charge is 0.259 e. The number of aryl methyl sites for hydroxylation is 3. The summed E-state index contributed by atoms with van der Waals surface area (Å²) in [5.74, 6) is 1.45. The van der Waals surface area contributed by atoms with E-state index >= 15 is 0 Å². The average Bonchev–Trinajstić information content (AvgIpc) is 2.97. The summed E-state index contributed by atoms with van der Waals surface area (Å²) in [4.78, 5) is 4.02. The maximum Gasteiger partial charge on any atom is 0.259 e. The van der Waals surface area contributed by atoms with Crippen LogP contribution in [0.15, 0.2) is 15.6 Å². The highest BCUT2D eigenvalue weighted by molar-refractivity contribution is 8.01. The Balaban J connectivity index is 1.77. The van der Waals surface area contributed by atoms with E-state index in [9.17, 15) is 8.42 Å². The van der Waals surface area contributed by atoms with Crippen LogP contribution in [-0.4, -0.2) is 40.5 Å². The molecule has 0 saturated carbocycles. The van der Waals surface area contributed by atoms with Gasteiger partial charge in [-0.05, 0) is 20.3 Å². The van der Waals surface area contributed by atoms with E-state index in [-0.39, 0.29) is 5.03 Å². The molecule has 0 atom stereocenters. The second-order valence-electron chi connectivity index (χ2n) is 4.42. The van der Waals surface area contributed by atoms with Crippen LogP contribution in [0.2, 0.25) is 0 Å². The zero-order chi connectivity index (χ0) is 15.5. The molecule has 0 amide bonds. The molecule has 0 fully saturated rings. The van der Waals surface area contributed by atoms with Gasteiger partial charge in [0.2, 0.25) is 0 Å². The lowest BCUT2D eigenvalue weighted by Crippen LogP contribution is -2.25. The number of hydrogen-bond acceptors (Lipinski definition) is 7. The molecule has 0 aliphatic heterocycles. The molecule has 2 heterocycles. The number of rotatable bonds is 7. The van der Waals surface area contributed by atoms with Gasteiger partial charge in [0.15, 0.2) is 9.37 Å². The first-order valence-electron chi connectivity index (χ1n) is 6.31. The standard InChI is InChI=1S/C11H17N5O2S3/c1-8-13-10(7-16(8)3)21(17,18)12-5-4-6-19-11-15-14-9(2)20-11/h7,12H,4-6H2,1-3H3. The first-order valence-corrected chi connectivity index (χ1v) is 9.59. The molecule has 0 saturated heterocycles. The Kier molecular flexibility index (Phi) is 5.36. The fourth-order valence-electron chi connectivity index (χ4n) is 1.50. The third-order valence-corrected chi connectivity index (χ3v) is 6.10. The first-order chi connectivity index (χ1) is 9.88. The van der Waals surface area contributed by atoms with Crippen molar-refractivity contribution in [1.82, 2.24) is 24.5 Å². The molecule has 0 spiro atoms. The molecule has 2 aromatic rings. The zero-order valence-electron chi connectivity index (χ0n) is 12.0. The number of nitrogens with one attached hydrogen (secondary N) is 1. The van der Waals surface area contributed by atoms with Crippen LogP contribution in [0.25, 0.3) is 0 Å². The van der Waals surface area contributed by atoms with E-state index in [4.69, 9.17) is 0 Å². The van der Waals surface area contributed by atoms with Gasteiger partial charge in [-0.3, -0.25) is 0 Å². The predicted octanol–water partition coefficient (Wildman–Crippen LogP) is 1.35. The fraction of sp³-hybridized carbons (Fsp3) is 0.545. The SMILES string of the molecule is Cc1nnc(SCCCNS(=O)(=O)c2cn(C)c(C)n2)s1. The molecule has 2 rings (SSSR count). The van der Waals surface area contributed by atoms with Gasteiger partial charge in [0.1, 0.15) is 10.8 Å². The lowest BCUT2D eigenvalue weighted by molar-refractivity contribution is 0.577. The zero-order valence-corrected chi connectivity index (χ0v) is 14.5. The van der Waals surface area contributed by atoms with E-state index in [1.807, 2.05) is 6.92 Å². The maximum atomic E-state index is 12.0. The monoisotopic (exact) mass is 347 g/mol. The van der Waals surface area contributed by atoms with Crippen LogP contribution >= 0.6 is 23.1 Å².